The van der Waals surface area contributed by atoms with Gasteiger partial charge in [0.1, 0.15) is 11.9 Å². The van der Waals surface area contributed by atoms with Crippen molar-refractivity contribution in [2.45, 2.75) is 25.0 Å². The average Bonchev–Trinajstić information content (AvgIpc) is 2.87. The molecule has 0 aliphatic carbocycles. The van der Waals surface area contributed by atoms with Gasteiger partial charge in [-0.25, -0.2) is 4.79 Å². The maximum atomic E-state index is 13.2. The highest BCUT2D eigenvalue weighted by molar-refractivity contribution is 5.90. The van der Waals surface area contributed by atoms with E-state index in [4.69, 9.17) is 9.47 Å². The van der Waals surface area contributed by atoms with E-state index in [1.165, 1.54) is 6.42 Å². The number of hydrogen-bond donors (Lipinski definition) is 0. The molecule has 0 radical (unpaired) electrons. The zero-order chi connectivity index (χ0) is 22.1. The molecule has 0 amide bonds. The number of hydrogen-bond acceptors (Lipinski definition) is 5. The van der Waals surface area contributed by atoms with Gasteiger partial charge in [0, 0.05) is 23.7 Å². The number of fused-ring (bicyclic) bond motifs is 4. The first-order valence-electron chi connectivity index (χ1n) is 11.2. The number of methoxy groups -OCH3 is 1. The van der Waals surface area contributed by atoms with Crippen LogP contribution in [0.5, 0.6) is 5.75 Å². The number of piperidine rings is 3. The molecule has 4 heterocycles. The molecule has 5 heteroatoms. The van der Waals surface area contributed by atoms with Crippen molar-refractivity contribution in [1.29, 1.82) is 0 Å². The average molecular weight is 429 g/mol. The second kappa shape index (κ2) is 8.75. The van der Waals surface area contributed by atoms with Gasteiger partial charge in [-0.1, -0.05) is 24.3 Å². The highest BCUT2D eigenvalue weighted by Gasteiger charge is 2.44. The van der Waals surface area contributed by atoms with E-state index in [-0.39, 0.29) is 18.1 Å². The molecule has 3 aromatic rings. The first-order chi connectivity index (χ1) is 15.7. The number of nitrogens with zero attached hydrogens (tertiary/aromatic N) is 2. The van der Waals surface area contributed by atoms with E-state index in [0.29, 0.717) is 23.1 Å². The van der Waals surface area contributed by atoms with Crippen LogP contribution in [0.3, 0.4) is 0 Å². The maximum Gasteiger partial charge on any atom is 0.338 e. The van der Waals surface area contributed by atoms with Crippen molar-refractivity contribution in [3.63, 3.8) is 0 Å². The molecule has 3 fully saturated rings. The molecule has 0 saturated carbocycles. The normalized spacial score (nSPS) is 25.3. The lowest BCUT2D eigenvalue weighted by Gasteiger charge is -2.51. The Bertz CT molecular complexity index is 1120. The summed E-state index contributed by atoms with van der Waals surface area (Å²) in [5.41, 5.74) is 2.45. The molecule has 1 aromatic heterocycles. The smallest absolute Gasteiger partial charge is 0.338 e. The summed E-state index contributed by atoms with van der Waals surface area (Å²) in [4.78, 5) is 20.2. The van der Waals surface area contributed by atoms with Crippen molar-refractivity contribution in [3.8, 4) is 5.75 Å². The van der Waals surface area contributed by atoms with Crippen LogP contribution < -0.4 is 4.74 Å². The topological polar surface area (TPSA) is 51.7 Å². The summed E-state index contributed by atoms with van der Waals surface area (Å²) in [5, 5.41) is 1.03. The molecule has 32 heavy (non-hydrogen) atoms. The molecular weight excluding hydrogens is 400 g/mol. The summed E-state index contributed by atoms with van der Waals surface area (Å²) in [7, 11) is 1.61. The molecule has 3 aliphatic rings. The van der Waals surface area contributed by atoms with Gasteiger partial charge < -0.3 is 9.47 Å². The monoisotopic (exact) mass is 428 g/mol. The largest absolute Gasteiger partial charge is 0.497 e. The van der Waals surface area contributed by atoms with Crippen molar-refractivity contribution in [2.75, 3.05) is 20.2 Å². The molecule has 5 nitrogen and oxygen atoms in total. The third kappa shape index (κ3) is 3.78. The number of ether oxygens (including phenoxy) is 2. The quantitative estimate of drug-likeness (QED) is 0.407. The Balaban J connectivity index is 1.52. The van der Waals surface area contributed by atoms with E-state index in [0.717, 1.165) is 36.0 Å². The molecule has 0 spiro atoms. The summed E-state index contributed by atoms with van der Waals surface area (Å²) in [6.45, 7) is 6.04. The Morgan fingerprint density at radius 1 is 1.19 bits per heavy atom. The lowest BCUT2D eigenvalue weighted by atomic mass is 9.73. The van der Waals surface area contributed by atoms with E-state index < -0.39 is 0 Å². The van der Waals surface area contributed by atoms with Crippen molar-refractivity contribution in [3.05, 3.63) is 84.6 Å². The van der Waals surface area contributed by atoms with Gasteiger partial charge in [0.2, 0.25) is 0 Å². The lowest BCUT2D eigenvalue weighted by molar-refractivity contribution is -0.0568. The third-order valence-electron chi connectivity index (χ3n) is 7.05. The van der Waals surface area contributed by atoms with Crippen molar-refractivity contribution >= 4 is 16.9 Å². The number of pyridine rings is 1. The zero-order valence-corrected chi connectivity index (χ0v) is 18.3. The second-order valence-electron chi connectivity index (χ2n) is 8.72. The highest BCUT2D eigenvalue weighted by atomic mass is 16.5. The van der Waals surface area contributed by atoms with Gasteiger partial charge in [-0.15, -0.1) is 6.58 Å². The Morgan fingerprint density at radius 3 is 2.72 bits per heavy atom. The van der Waals surface area contributed by atoms with Crippen LogP contribution in [0.2, 0.25) is 0 Å². The van der Waals surface area contributed by atoms with Crippen molar-refractivity contribution < 1.29 is 14.3 Å². The van der Waals surface area contributed by atoms with Crippen LogP contribution in [-0.2, 0) is 4.74 Å². The summed E-state index contributed by atoms with van der Waals surface area (Å²) >= 11 is 0. The standard InChI is InChI=1S/C27H28N2O3/c1-3-18-17-29-15-13-20(18)16-25(29)26(23-12-14-28-24-7-5-4-6-22(23)24)32-27(30)19-8-10-21(31-2)11-9-19/h3-12,14,18,20,25-26H,1,13,15-17H2,2H3/t18-,20+,25-,26-/m0/s1. The molecule has 2 aromatic carbocycles. The zero-order valence-electron chi connectivity index (χ0n) is 18.3. The fraction of sp³-hybridized carbons (Fsp3) is 0.333. The predicted octanol–water partition coefficient (Wildman–Crippen LogP) is 5.04. The van der Waals surface area contributed by atoms with Gasteiger partial charge in [0.25, 0.3) is 0 Å². The molecule has 3 aliphatic heterocycles. The van der Waals surface area contributed by atoms with Crippen LogP contribution in [0, 0.1) is 11.8 Å². The van der Waals surface area contributed by atoms with Gasteiger partial charge in [-0.2, -0.15) is 0 Å². The first-order valence-corrected chi connectivity index (χ1v) is 11.2. The molecule has 5 atom stereocenters. The number of para-hydroxylation sites is 1. The van der Waals surface area contributed by atoms with E-state index in [2.05, 4.69) is 28.6 Å². The summed E-state index contributed by atoms with van der Waals surface area (Å²) < 4.78 is 11.5. The molecular formula is C27H28N2O3. The predicted molar refractivity (Wildman–Crippen MR) is 125 cm³/mol. The van der Waals surface area contributed by atoms with Crippen molar-refractivity contribution in [2.24, 2.45) is 11.8 Å². The van der Waals surface area contributed by atoms with Crippen molar-refractivity contribution in [1.82, 2.24) is 9.88 Å². The highest BCUT2D eigenvalue weighted by Crippen LogP contribution is 2.43. The van der Waals surface area contributed by atoms with Crippen LogP contribution in [0.4, 0.5) is 0 Å². The SMILES string of the molecule is C=C[C@H]1CN2CC[C@@H]1C[C@H]2[C@@H](OC(=O)c1ccc(OC)cc1)c1ccnc2ccccc12. The van der Waals surface area contributed by atoms with E-state index in [9.17, 15) is 4.79 Å². The molecule has 6 rings (SSSR count). The lowest BCUT2D eigenvalue weighted by Crippen LogP contribution is -2.55. The second-order valence-corrected chi connectivity index (χ2v) is 8.72. The number of carbonyl (C=O) groups excluding carboxylic acids is 1. The van der Waals surface area contributed by atoms with Crippen LogP contribution in [0.15, 0.2) is 73.4 Å². The minimum absolute atomic E-state index is 0.137. The van der Waals surface area contributed by atoms with Crippen LogP contribution in [-0.4, -0.2) is 42.1 Å². The van der Waals surface area contributed by atoms with E-state index in [1.807, 2.05) is 30.5 Å². The minimum Gasteiger partial charge on any atom is -0.497 e. The Kier molecular flexibility index (Phi) is 5.66. The number of rotatable bonds is 6. The molecule has 0 N–H and O–H groups in total. The third-order valence-corrected chi connectivity index (χ3v) is 7.05. The number of aromatic nitrogens is 1. The summed E-state index contributed by atoms with van der Waals surface area (Å²) in [5.74, 6) is 1.48. The molecule has 164 valence electrons. The summed E-state index contributed by atoms with van der Waals surface area (Å²) in [6.07, 6.45) is 5.70. The Labute approximate surface area is 188 Å². The molecule has 3 saturated heterocycles. The number of benzene rings is 2. The van der Waals surface area contributed by atoms with Gasteiger partial charge in [0.05, 0.1) is 24.2 Å². The van der Waals surface area contributed by atoms with Gasteiger partial charge in [-0.05, 0) is 67.6 Å². The van der Waals surface area contributed by atoms with Crippen LogP contribution in [0.25, 0.3) is 10.9 Å². The van der Waals surface area contributed by atoms with E-state index >= 15 is 0 Å². The Morgan fingerprint density at radius 2 is 2.00 bits per heavy atom. The minimum atomic E-state index is -0.369. The van der Waals surface area contributed by atoms with Crippen LogP contribution in [0.1, 0.15) is 34.9 Å². The number of esters is 1. The van der Waals surface area contributed by atoms with Gasteiger partial charge >= 0.3 is 5.97 Å². The Hall–Kier alpha value is -3.18. The fourth-order valence-corrected chi connectivity index (χ4v) is 5.32. The molecule has 2 bridgehead atoms. The van der Waals surface area contributed by atoms with E-state index in [1.54, 1.807) is 31.4 Å². The van der Waals surface area contributed by atoms with Gasteiger partial charge in [0.15, 0.2) is 0 Å². The fourth-order valence-electron chi connectivity index (χ4n) is 5.32. The first kappa shape index (κ1) is 20.7. The van der Waals surface area contributed by atoms with Gasteiger partial charge in [-0.3, -0.25) is 9.88 Å². The molecule has 1 unspecified atom stereocenters. The number of carbonyl (C=O) groups is 1. The van der Waals surface area contributed by atoms with Crippen LogP contribution >= 0.6 is 0 Å². The maximum absolute atomic E-state index is 13.2. The summed E-state index contributed by atoms with van der Waals surface area (Å²) in [6, 6.07) is 17.3.